The summed E-state index contributed by atoms with van der Waals surface area (Å²) in [5, 5.41) is 6.71. The Morgan fingerprint density at radius 2 is 2.06 bits per heavy atom. The van der Waals surface area contributed by atoms with Crippen molar-refractivity contribution in [1.82, 2.24) is 20.5 Å². The van der Waals surface area contributed by atoms with Crippen LogP contribution >= 0.6 is 24.0 Å². The molecule has 1 saturated heterocycles. The summed E-state index contributed by atoms with van der Waals surface area (Å²) in [6, 6.07) is 9.88. The van der Waals surface area contributed by atoms with Crippen LogP contribution in [0.3, 0.4) is 0 Å². The van der Waals surface area contributed by atoms with Gasteiger partial charge in [0.1, 0.15) is 11.6 Å². The molecule has 178 valence electrons. The minimum Gasteiger partial charge on any atom is -0.439 e. The summed E-state index contributed by atoms with van der Waals surface area (Å²) in [6.07, 6.45) is 6.94. The van der Waals surface area contributed by atoms with E-state index in [0.717, 1.165) is 31.4 Å². The lowest BCUT2D eigenvalue weighted by Crippen LogP contribution is -2.45. The van der Waals surface area contributed by atoms with E-state index in [-0.39, 0.29) is 41.8 Å². The van der Waals surface area contributed by atoms with Crippen molar-refractivity contribution in [2.24, 2.45) is 10.9 Å². The predicted octanol–water partition coefficient (Wildman–Crippen LogP) is 4.09. The van der Waals surface area contributed by atoms with Crippen LogP contribution in [0.15, 0.2) is 47.6 Å². The molecule has 1 aromatic heterocycles. The molecule has 33 heavy (non-hydrogen) atoms. The fourth-order valence-corrected chi connectivity index (χ4v) is 4.37. The maximum absolute atomic E-state index is 13.5. The van der Waals surface area contributed by atoms with Crippen molar-refractivity contribution in [3.63, 3.8) is 0 Å². The molecular weight excluding hydrogens is 536 g/mol. The monoisotopic (exact) mass is 567 g/mol. The summed E-state index contributed by atoms with van der Waals surface area (Å²) in [5.41, 5.74) is 0.823. The zero-order valence-corrected chi connectivity index (χ0v) is 21.1. The smallest absolute Gasteiger partial charge is 0.225 e. The Bertz CT molecular complexity index is 967. The number of carbonyl (C=O) groups excluding carboxylic acids is 1. The summed E-state index contributed by atoms with van der Waals surface area (Å²) in [6.45, 7) is 1.94. The maximum Gasteiger partial charge on any atom is 0.225 e. The molecule has 1 aliphatic carbocycles. The van der Waals surface area contributed by atoms with Crippen LogP contribution in [0.1, 0.15) is 37.7 Å². The summed E-state index contributed by atoms with van der Waals surface area (Å²) < 4.78 is 19.3. The van der Waals surface area contributed by atoms with Crippen LogP contribution in [0.5, 0.6) is 11.6 Å². The molecule has 7 nitrogen and oxygen atoms in total. The molecule has 0 bridgehead atoms. The van der Waals surface area contributed by atoms with Gasteiger partial charge in [-0.05, 0) is 37.5 Å². The summed E-state index contributed by atoms with van der Waals surface area (Å²) in [7, 11) is 1.72. The number of pyridine rings is 1. The molecule has 9 heteroatoms. The molecule has 0 spiro atoms. The molecule has 1 saturated carbocycles. The van der Waals surface area contributed by atoms with Crippen LogP contribution in [-0.2, 0) is 11.3 Å². The minimum atomic E-state index is -0.361. The van der Waals surface area contributed by atoms with Gasteiger partial charge in [0.15, 0.2) is 5.96 Å². The van der Waals surface area contributed by atoms with Crippen LogP contribution in [0.4, 0.5) is 4.39 Å². The number of amides is 1. The highest BCUT2D eigenvalue weighted by atomic mass is 127. The van der Waals surface area contributed by atoms with E-state index in [1.807, 2.05) is 17.0 Å². The molecule has 1 atom stereocenters. The van der Waals surface area contributed by atoms with E-state index < -0.39 is 0 Å². The van der Waals surface area contributed by atoms with Crippen LogP contribution in [0, 0.1) is 11.7 Å². The number of carbonyl (C=O) groups is 1. The standard InChI is InChI=1S/C24H30FN5O2.HI/c1-26-24(29-20-11-13-30(16-20)23(31)17-6-2-3-7-17)28-15-18-8-5-12-27-22(18)32-21-10-4-9-19(25)14-21;/h4-5,8-10,12,14,17,20H,2-3,6-7,11,13,15-16H2,1H3,(H2,26,28,29);1H. The molecule has 2 fully saturated rings. The zero-order chi connectivity index (χ0) is 22.3. The van der Waals surface area contributed by atoms with E-state index >= 15 is 0 Å². The first-order valence-electron chi connectivity index (χ1n) is 11.3. The van der Waals surface area contributed by atoms with Gasteiger partial charge in [-0.15, -0.1) is 24.0 Å². The summed E-state index contributed by atoms with van der Waals surface area (Å²) >= 11 is 0. The van der Waals surface area contributed by atoms with Gasteiger partial charge in [-0.25, -0.2) is 9.37 Å². The van der Waals surface area contributed by atoms with Crippen LogP contribution in [-0.4, -0.2) is 47.9 Å². The number of benzene rings is 1. The van der Waals surface area contributed by atoms with E-state index in [0.29, 0.717) is 36.6 Å². The number of aliphatic imine (C=N–C) groups is 1. The van der Waals surface area contributed by atoms with Gasteiger partial charge in [0.05, 0.1) is 0 Å². The Morgan fingerprint density at radius 1 is 1.24 bits per heavy atom. The van der Waals surface area contributed by atoms with Gasteiger partial charge < -0.3 is 20.3 Å². The predicted molar refractivity (Wildman–Crippen MR) is 136 cm³/mol. The number of hydrogen-bond acceptors (Lipinski definition) is 4. The van der Waals surface area contributed by atoms with Gasteiger partial charge in [-0.1, -0.05) is 25.0 Å². The Kier molecular flexibility index (Phi) is 9.28. The second-order valence-corrected chi connectivity index (χ2v) is 8.35. The quantitative estimate of drug-likeness (QED) is 0.313. The van der Waals surface area contributed by atoms with Crippen molar-refractivity contribution in [3.8, 4) is 11.6 Å². The van der Waals surface area contributed by atoms with Crippen molar-refractivity contribution in [2.75, 3.05) is 20.1 Å². The normalized spacial score (nSPS) is 18.7. The fourth-order valence-electron chi connectivity index (χ4n) is 4.37. The number of nitrogens with one attached hydrogen (secondary N) is 2. The number of likely N-dealkylation sites (tertiary alicyclic amines) is 1. The molecule has 1 unspecified atom stereocenters. The Labute approximate surface area is 211 Å². The second kappa shape index (κ2) is 12.2. The number of nitrogens with zero attached hydrogens (tertiary/aromatic N) is 3. The first kappa shape index (κ1) is 25.2. The Hall–Kier alpha value is -2.43. The summed E-state index contributed by atoms with van der Waals surface area (Å²) in [4.78, 5) is 23.3. The molecule has 0 radical (unpaired) electrons. The minimum absolute atomic E-state index is 0. The average molecular weight is 567 g/mol. The third-order valence-electron chi connectivity index (χ3n) is 6.08. The molecule has 1 aliphatic heterocycles. The molecule has 4 rings (SSSR count). The van der Waals surface area contributed by atoms with Crippen molar-refractivity contribution in [2.45, 2.75) is 44.7 Å². The molecular formula is C24H31FIN5O2. The van der Waals surface area contributed by atoms with Crippen molar-refractivity contribution in [1.29, 1.82) is 0 Å². The lowest BCUT2D eigenvalue weighted by atomic mass is 10.1. The maximum atomic E-state index is 13.5. The first-order chi connectivity index (χ1) is 15.6. The van der Waals surface area contributed by atoms with E-state index in [4.69, 9.17) is 4.74 Å². The van der Waals surface area contributed by atoms with Gasteiger partial charge in [0.2, 0.25) is 11.8 Å². The van der Waals surface area contributed by atoms with Gasteiger partial charge in [0.25, 0.3) is 0 Å². The number of halogens is 2. The van der Waals surface area contributed by atoms with Crippen LogP contribution in [0.2, 0.25) is 0 Å². The summed E-state index contributed by atoms with van der Waals surface area (Å²) in [5.74, 6) is 1.63. The van der Waals surface area contributed by atoms with E-state index in [1.54, 1.807) is 25.4 Å². The number of guanidine groups is 1. The third-order valence-corrected chi connectivity index (χ3v) is 6.08. The van der Waals surface area contributed by atoms with Crippen molar-refractivity contribution >= 4 is 35.8 Å². The highest BCUT2D eigenvalue weighted by Crippen LogP contribution is 2.28. The fraction of sp³-hybridized carbons (Fsp3) is 0.458. The average Bonchev–Trinajstić information content (AvgIpc) is 3.50. The van der Waals surface area contributed by atoms with E-state index in [9.17, 15) is 9.18 Å². The third kappa shape index (κ3) is 6.78. The molecule has 2 N–H and O–H groups in total. The highest BCUT2D eigenvalue weighted by molar-refractivity contribution is 14.0. The van der Waals surface area contributed by atoms with Crippen molar-refractivity contribution < 1.29 is 13.9 Å². The lowest BCUT2D eigenvalue weighted by molar-refractivity contribution is -0.134. The molecule has 2 heterocycles. The van der Waals surface area contributed by atoms with Gasteiger partial charge in [-0.3, -0.25) is 9.79 Å². The van der Waals surface area contributed by atoms with Gasteiger partial charge in [-0.2, -0.15) is 0 Å². The molecule has 1 amide bonds. The van der Waals surface area contributed by atoms with E-state index in [2.05, 4.69) is 20.6 Å². The molecule has 2 aromatic rings. The van der Waals surface area contributed by atoms with Gasteiger partial charge in [0, 0.05) is 56.5 Å². The topological polar surface area (TPSA) is 78.9 Å². The Balaban J connectivity index is 0.00000306. The largest absolute Gasteiger partial charge is 0.439 e. The van der Waals surface area contributed by atoms with E-state index in [1.165, 1.54) is 25.0 Å². The number of rotatable bonds is 6. The lowest BCUT2D eigenvalue weighted by Gasteiger charge is -2.21. The SMILES string of the molecule is CN=C(NCc1cccnc1Oc1cccc(F)c1)NC1CCN(C(=O)C2CCCC2)C1.I. The molecule has 1 aromatic carbocycles. The number of hydrogen-bond donors (Lipinski definition) is 2. The number of ether oxygens (including phenoxy) is 1. The first-order valence-corrected chi connectivity index (χ1v) is 11.3. The highest BCUT2D eigenvalue weighted by Gasteiger charge is 2.32. The molecule has 2 aliphatic rings. The van der Waals surface area contributed by atoms with Crippen LogP contribution < -0.4 is 15.4 Å². The zero-order valence-electron chi connectivity index (χ0n) is 18.8. The van der Waals surface area contributed by atoms with Crippen molar-refractivity contribution in [3.05, 3.63) is 54.0 Å². The van der Waals surface area contributed by atoms with Gasteiger partial charge >= 0.3 is 0 Å². The Morgan fingerprint density at radius 3 is 2.82 bits per heavy atom. The number of aromatic nitrogens is 1. The second-order valence-electron chi connectivity index (χ2n) is 8.35. The van der Waals surface area contributed by atoms with Crippen LogP contribution in [0.25, 0.3) is 0 Å².